The third-order valence-electron chi connectivity index (χ3n) is 7.70. The van der Waals surface area contributed by atoms with E-state index < -0.39 is 33.4 Å². The molecule has 0 unspecified atom stereocenters. The van der Waals surface area contributed by atoms with Gasteiger partial charge in [-0.05, 0) is 55.7 Å². The van der Waals surface area contributed by atoms with Gasteiger partial charge in [-0.25, -0.2) is 8.42 Å². The van der Waals surface area contributed by atoms with Crippen molar-refractivity contribution in [1.82, 2.24) is 10.2 Å². The van der Waals surface area contributed by atoms with Crippen LogP contribution >= 0.6 is 0 Å². The van der Waals surface area contributed by atoms with Crippen LogP contribution in [-0.4, -0.2) is 48.7 Å². The summed E-state index contributed by atoms with van der Waals surface area (Å²) in [4.78, 5) is 40.5. The van der Waals surface area contributed by atoms with Gasteiger partial charge in [-0.15, -0.1) is 0 Å². The average Bonchev–Trinajstić information content (AvgIpc) is 3.06. The van der Waals surface area contributed by atoms with Gasteiger partial charge in [-0.3, -0.25) is 24.0 Å². The van der Waals surface area contributed by atoms with Crippen molar-refractivity contribution in [3.63, 3.8) is 0 Å². The SMILES string of the molecule is CC[C@H](C)NC(=O)[C@H](Cc1ccccc1)N(Cc1ccc(C)cc1)C(=O)CN(c1ccc([N+](=O)[O-])cc1)S(=O)(=O)c1ccccc1. The number of non-ortho nitro benzene ring substituents is 1. The highest BCUT2D eigenvalue weighted by Crippen LogP contribution is 2.27. The van der Waals surface area contributed by atoms with Crippen LogP contribution in [0.2, 0.25) is 0 Å². The Morgan fingerprint density at radius 3 is 2.00 bits per heavy atom. The largest absolute Gasteiger partial charge is 0.352 e. The van der Waals surface area contributed by atoms with Crippen molar-refractivity contribution in [3.05, 3.63) is 136 Å². The predicted octanol–water partition coefficient (Wildman–Crippen LogP) is 5.65. The Hall–Kier alpha value is -5.03. The Balaban J connectivity index is 1.81. The number of rotatable bonds is 14. The maximum atomic E-state index is 14.5. The summed E-state index contributed by atoms with van der Waals surface area (Å²) in [6.07, 6.45) is 0.878. The molecule has 0 saturated heterocycles. The molecule has 11 heteroatoms. The second-order valence-electron chi connectivity index (χ2n) is 11.1. The second-order valence-corrected chi connectivity index (χ2v) is 13.0. The number of carbonyl (C=O) groups is 2. The van der Waals surface area contributed by atoms with Crippen LogP contribution in [0.15, 0.2) is 114 Å². The number of hydrogen-bond acceptors (Lipinski definition) is 6. The van der Waals surface area contributed by atoms with Crippen molar-refractivity contribution in [3.8, 4) is 0 Å². The predicted molar refractivity (Wildman–Crippen MR) is 178 cm³/mol. The van der Waals surface area contributed by atoms with Gasteiger partial charge in [-0.2, -0.15) is 0 Å². The first-order valence-corrected chi connectivity index (χ1v) is 16.4. The summed E-state index contributed by atoms with van der Waals surface area (Å²) >= 11 is 0. The van der Waals surface area contributed by atoms with Gasteiger partial charge in [0, 0.05) is 31.1 Å². The van der Waals surface area contributed by atoms with E-state index in [1.807, 2.05) is 75.4 Å². The maximum absolute atomic E-state index is 14.5. The van der Waals surface area contributed by atoms with Crippen LogP contribution in [0, 0.1) is 17.0 Å². The fourth-order valence-corrected chi connectivity index (χ4v) is 6.31. The van der Waals surface area contributed by atoms with Crippen LogP contribution in [0.5, 0.6) is 0 Å². The number of carbonyl (C=O) groups excluding carboxylic acids is 2. The molecule has 0 aliphatic carbocycles. The highest BCUT2D eigenvalue weighted by Gasteiger charge is 2.35. The van der Waals surface area contributed by atoms with E-state index in [-0.39, 0.29) is 41.2 Å². The lowest BCUT2D eigenvalue weighted by Crippen LogP contribution is -2.54. The maximum Gasteiger partial charge on any atom is 0.269 e. The Morgan fingerprint density at radius 1 is 0.848 bits per heavy atom. The van der Waals surface area contributed by atoms with E-state index in [9.17, 15) is 28.1 Å². The number of nitro benzene ring substituents is 1. The van der Waals surface area contributed by atoms with Gasteiger partial charge in [-0.1, -0.05) is 85.3 Å². The molecule has 0 saturated carbocycles. The Labute approximate surface area is 269 Å². The molecule has 4 aromatic carbocycles. The molecule has 0 radical (unpaired) electrons. The smallest absolute Gasteiger partial charge is 0.269 e. The molecule has 0 fully saturated rings. The minimum Gasteiger partial charge on any atom is -0.352 e. The van der Waals surface area contributed by atoms with Gasteiger partial charge in [0.25, 0.3) is 15.7 Å². The molecule has 46 heavy (non-hydrogen) atoms. The summed E-state index contributed by atoms with van der Waals surface area (Å²) in [7, 11) is -4.31. The summed E-state index contributed by atoms with van der Waals surface area (Å²) in [5.41, 5.74) is 2.47. The zero-order valence-corrected chi connectivity index (χ0v) is 26.9. The number of nitrogens with zero attached hydrogens (tertiary/aromatic N) is 3. The zero-order chi connectivity index (χ0) is 33.3. The number of hydrogen-bond donors (Lipinski definition) is 1. The van der Waals surface area contributed by atoms with Crippen LogP contribution in [0.4, 0.5) is 11.4 Å². The first-order valence-electron chi connectivity index (χ1n) is 15.0. The average molecular weight is 643 g/mol. The molecule has 4 rings (SSSR count). The van der Waals surface area contributed by atoms with Crippen molar-refractivity contribution in [2.24, 2.45) is 0 Å². The van der Waals surface area contributed by atoms with E-state index in [1.165, 1.54) is 41.3 Å². The molecule has 0 aliphatic rings. The molecule has 0 bridgehead atoms. The first-order chi connectivity index (χ1) is 22.0. The van der Waals surface area contributed by atoms with Gasteiger partial charge in [0.15, 0.2) is 0 Å². The molecular weight excluding hydrogens is 604 g/mol. The number of amides is 2. The van der Waals surface area contributed by atoms with Crippen LogP contribution in [-0.2, 0) is 32.6 Å². The van der Waals surface area contributed by atoms with E-state index in [2.05, 4.69) is 5.32 Å². The lowest BCUT2D eigenvalue weighted by molar-refractivity contribution is -0.384. The number of nitrogens with one attached hydrogen (secondary N) is 1. The minimum absolute atomic E-state index is 0.0457. The van der Waals surface area contributed by atoms with Crippen LogP contribution < -0.4 is 9.62 Å². The molecule has 10 nitrogen and oxygen atoms in total. The quantitative estimate of drug-likeness (QED) is 0.140. The molecule has 1 N–H and O–H groups in total. The molecule has 0 heterocycles. The lowest BCUT2D eigenvalue weighted by Gasteiger charge is -2.34. The number of anilines is 1. The van der Waals surface area contributed by atoms with E-state index >= 15 is 0 Å². The van der Waals surface area contributed by atoms with Crippen LogP contribution in [0.1, 0.15) is 37.0 Å². The second kappa shape index (κ2) is 15.3. The highest BCUT2D eigenvalue weighted by atomic mass is 32.2. The molecule has 0 spiro atoms. The van der Waals surface area contributed by atoms with Crippen LogP contribution in [0.25, 0.3) is 0 Å². The summed E-state index contributed by atoms with van der Waals surface area (Å²) in [6, 6.07) is 28.4. The fraction of sp³-hybridized carbons (Fsp3) is 0.257. The standard InChI is InChI=1S/C35H38N4O6S/c1-4-27(3)36-35(41)33(23-28-11-7-5-8-12-28)37(24-29-17-15-26(2)16-18-29)34(40)25-38(30-19-21-31(22-20-30)39(42)43)46(44,45)32-13-9-6-10-14-32/h5-22,27,33H,4,23-25H2,1-3H3,(H,36,41)/t27-,33-/m0/s1. The van der Waals surface area contributed by atoms with E-state index in [0.717, 1.165) is 21.0 Å². The third-order valence-corrected chi connectivity index (χ3v) is 9.49. The topological polar surface area (TPSA) is 130 Å². The number of nitro groups is 1. The number of benzene rings is 4. The van der Waals surface area contributed by atoms with E-state index in [1.54, 1.807) is 18.2 Å². The van der Waals surface area contributed by atoms with Crippen molar-refractivity contribution < 1.29 is 22.9 Å². The summed E-state index contributed by atoms with van der Waals surface area (Å²) in [5, 5.41) is 14.3. The highest BCUT2D eigenvalue weighted by molar-refractivity contribution is 7.92. The minimum atomic E-state index is -4.31. The summed E-state index contributed by atoms with van der Waals surface area (Å²) < 4.78 is 29.0. The number of sulfonamides is 1. The Bertz CT molecular complexity index is 1730. The monoisotopic (exact) mass is 642 g/mol. The molecule has 2 atom stereocenters. The molecule has 4 aromatic rings. The van der Waals surface area contributed by atoms with Gasteiger partial charge >= 0.3 is 0 Å². The van der Waals surface area contributed by atoms with Crippen molar-refractivity contribution in [2.45, 2.75) is 57.1 Å². The van der Waals surface area contributed by atoms with E-state index in [4.69, 9.17) is 0 Å². The van der Waals surface area contributed by atoms with E-state index in [0.29, 0.717) is 6.42 Å². The summed E-state index contributed by atoms with van der Waals surface area (Å²) in [6.45, 7) is 5.17. The van der Waals surface area contributed by atoms with Crippen molar-refractivity contribution in [2.75, 3.05) is 10.8 Å². The van der Waals surface area contributed by atoms with Crippen molar-refractivity contribution in [1.29, 1.82) is 0 Å². The Kier molecular flexibility index (Phi) is 11.3. The fourth-order valence-electron chi connectivity index (χ4n) is 4.87. The van der Waals surface area contributed by atoms with Gasteiger partial charge in [0.1, 0.15) is 12.6 Å². The van der Waals surface area contributed by atoms with Gasteiger partial charge in [0.2, 0.25) is 11.8 Å². The molecule has 0 aliphatic heterocycles. The number of aryl methyl sites for hydroxylation is 1. The van der Waals surface area contributed by atoms with Crippen molar-refractivity contribution >= 4 is 33.2 Å². The third kappa shape index (κ3) is 8.57. The lowest BCUT2D eigenvalue weighted by atomic mass is 10.0. The first kappa shape index (κ1) is 33.9. The zero-order valence-electron chi connectivity index (χ0n) is 26.1. The molecule has 240 valence electrons. The molecule has 0 aromatic heterocycles. The van der Waals surface area contributed by atoms with Gasteiger partial charge in [0.05, 0.1) is 15.5 Å². The van der Waals surface area contributed by atoms with Crippen LogP contribution in [0.3, 0.4) is 0 Å². The molecular formula is C35H38N4O6S. The molecule has 2 amide bonds. The normalized spacial score (nSPS) is 12.5. The summed E-state index contributed by atoms with van der Waals surface area (Å²) in [5.74, 6) is -0.967. The van der Waals surface area contributed by atoms with Gasteiger partial charge < -0.3 is 10.2 Å². The Morgan fingerprint density at radius 2 is 1.43 bits per heavy atom.